The van der Waals surface area contributed by atoms with Crippen molar-refractivity contribution in [1.29, 1.82) is 0 Å². The first-order valence-corrected chi connectivity index (χ1v) is 3.53. The van der Waals surface area contributed by atoms with Crippen molar-refractivity contribution in [2.45, 2.75) is 12.0 Å². The van der Waals surface area contributed by atoms with E-state index in [1.807, 2.05) is 0 Å². The first-order valence-electron chi connectivity index (χ1n) is 3.53. The second-order valence-electron chi connectivity index (χ2n) is 2.55. The molecule has 0 amide bonds. The zero-order valence-corrected chi connectivity index (χ0v) is 6.49. The second kappa shape index (κ2) is 2.98. The van der Waals surface area contributed by atoms with Gasteiger partial charge in [-0.2, -0.15) is 0 Å². The molecule has 0 saturated heterocycles. The summed E-state index contributed by atoms with van der Waals surface area (Å²) in [5.41, 5.74) is -1.42. The normalized spacial score (nSPS) is 20.1. The van der Waals surface area contributed by atoms with Crippen LogP contribution >= 0.6 is 0 Å². The van der Waals surface area contributed by atoms with Gasteiger partial charge in [-0.3, -0.25) is 14.6 Å². The Kier molecular flexibility index (Phi) is 2.19. The number of aliphatic imine (C=N–C) groups is 1. The van der Waals surface area contributed by atoms with Gasteiger partial charge in [0.1, 0.15) is 0 Å². The fraction of sp³-hybridized carbons (Fsp3) is 0.375. The van der Waals surface area contributed by atoms with Gasteiger partial charge in [0.25, 0.3) is 0 Å². The van der Waals surface area contributed by atoms with Gasteiger partial charge < -0.3 is 5.11 Å². The molecule has 12 heavy (non-hydrogen) atoms. The molecule has 0 aromatic rings. The van der Waals surface area contributed by atoms with Crippen LogP contribution in [0, 0.1) is 0 Å². The summed E-state index contributed by atoms with van der Waals surface area (Å²) in [4.78, 5) is 25.8. The van der Waals surface area contributed by atoms with Crippen molar-refractivity contribution in [2.75, 3.05) is 6.61 Å². The monoisotopic (exact) mass is 167 g/mol. The van der Waals surface area contributed by atoms with Crippen molar-refractivity contribution < 1.29 is 14.7 Å². The molecule has 0 spiro atoms. The van der Waals surface area contributed by atoms with E-state index in [0.29, 0.717) is 0 Å². The maximum absolute atomic E-state index is 11.2. The van der Waals surface area contributed by atoms with E-state index in [0.717, 1.165) is 0 Å². The fourth-order valence-electron chi connectivity index (χ4n) is 1.19. The molecule has 1 aliphatic carbocycles. The Labute approximate surface area is 69.6 Å². The van der Waals surface area contributed by atoms with Gasteiger partial charge in [-0.25, -0.2) is 0 Å². The zero-order chi connectivity index (χ0) is 9.19. The Hall–Kier alpha value is -1.29. The van der Waals surface area contributed by atoms with Crippen LogP contribution in [0.15, 0.2) is 17.1 Å². The van der Waals surface area contributed by atoms with E-state index in [2.05, 4.69) is 11.7 Å². The van der Waals surface area contributed by atoms with E-state index >= 15 is 0 Å². The summed E-state index contributed by atoms with van der Waals surface area (Å²) in [6, 6.07) is 0. The summed E-state index contributed by atoms with van der Waals surface area (Å²) in [5, 5.41) is 8.64. The lowest BCUT2D eigenvalue weighted by molar-refractivity contribution is -0.128. The van der Waals surface area contributed by atoms with Gasteiger partial charge >= 0.3 is 0 Å². The summed E-state index contributed by atoms with van der Waals surface area (Å²) in [7, 11) is 0. The standard InChI is InChI=1S/C8H9NO3/c1-9-8(4-5-10)6(11)2-3-7(8)12/h2-3,10H,1,4-5H2. The Morgan fingerprint density at radius 2 is 1.92 bits per heavy atom. The fourth-order valence-corrected chi connectivity index (χ4v) is 1.19. The van der Waals surface area contributed by atoms with Crippen molar-refractivity contribution in [3.63, 3.8) is 0 Å². The number of carbonyl (C=O) groups is 2. The zero-order valence-electron chi connectivity index (χ0n) is 6.49. The molecule has 0 aromatic heterocycles. The van der Waals surface area contributed by atoms with Crippen LogP contribution in [0.25, 0.3) is 0 Å². The van der Waals surface area contributed by atoms with Crippen molar-refractivity contribution in [3.05, 3.63) is 12.2 Å². The van der Waals surface area contributed by atoms with Crippen LogP contribution in [-0.2, 0) is 9.59 Å². The summed E-state index contributed by atoms with van der Waals surface area (Å²) in [6.45, 7) is 2.94. The topological polar surface area (TPSA) is 66.7 Å². The molecule has 0 aliphatic heterocycles. The van der Waals surface area contributed by atoms with Crippen LogP contribution < -0.4 is 0 Å². The number of hydrogen-bond acceptors (Lipinski definition) is 4. The van der Waals surface area contributed by atoms with Crippen LogP contribution in [0.5, 0.6) is 0 Å². The minimum absolute atomic E-state index is 0.0150. The van der Waals surface area contributed by atoms with Crippen LogP contribution in [0.3, 0.4) is 0 Å². The quantitative estimate of drug-likeness (QED) is 0.456. The number of carbonyl (C=O) groups excluding carboxylic acids is 2. The van der Waals surface area contributed by atoms with Gasteiger partial charge in [-0.15, -0.1) is 0 Å². The molecular weight excluding hydrogens is 158 g/mol. The van der Waals surface area contributed by atoms with Crippen molar-refractivity contribution in [3.8, 4) is 0 Å². The van der Waals surface area contributed by atoms with E-state index in [4.69, 9.17) is 5.11 Å². The van der Waals surface area contributed by atoms with Crippen molar-refractivity contribution in [1.82, 2.24) is 0 Å². The highest BCUT2D eigenvalue weighted by Crippen LogP contribution is 2.24. The highest BCUT2D eigenvalue weighted by atomic mass is 16.3. The molecule has 0 aromatic carbocycles. The van der Waals surface area contributed by atoms with Gasteiger partial charge in [0, 0.05) is 13.0 Å². The maximum Gasteiger partial charge on any atom is 0.191 e. The molecule has 4 heteroatoms. The van der Waals surface area contributed by atoms with Gasteiger partial charge in [0.05, 0.1) is 0 Å². The van der Waals surface area contributed by atoms with Crippen LogP contribution in [-0.4, -0.2) is 35.5 Å². The predicted octanol–water partition coefficient (Wildman–Crippen LogP) is -0.484. The summed E-state index contributed by atoms with van der Waals surface area (Å²) >= 11 is 0. The summed E-state index contributed by atoms with van der Waals surface area (Å²) in [6.07, 6.45) is 2.36. The number of aliphatic hydroxyl groups excluding tert-OH is 1. The minimum Gasteiger partial charge on any atom is -0.396 e. The van der Waals surface area contributed by atoms with E-state index in [9.17, 15) is 9.59 Å². The lowest BCUT2D eigenvalue weighted by Crippen LogP contribution is -2.40. The molecule has 0 bridgehead atoms. The molecule has 0 saturated carbocycles. The van der Waals surface area contributed by atoms with Gasteiger partial charge in [-0.1, -0.05) is 0 Å². The van der Waals surface area contributed by atoms with Gasteiger partial charge in [-0.05, 0) is 18.9 Å². The van der Waals surface area contributed by atoms with E-state index in [-0.39, 0.29) is 13.0 Å². The first-order chi connectivity index (χ1) is 5.67. The molecule has 1 rings (SSSR count). The largest absolute Gasteiger partial charge is 0.396 e. The Bertz CT molecular complexity index is 249. The predicted molar refractivity (Wildman–Crippen MR) is 43.1 cm³/mol. The summed E-state index contributed by atoms with van der Waals surface area (Å²) in [5.74, 6) is -0.784. The maximum atomic E-state index is 11.2. The Morgan fingerprint density at radius 3 is 2.25 bits per heavy atom. The molecule has 0 radical (unpaired) electrons. The van der Waals surface area contributed by atoms with E-state index in [1.165, 1.54) is 12.2 Å². The molecular formula is C8H9NO3. The van der Waals surface area contributed by atoms with Crippen molar-refractivity contribution >= 4 is 18.3 Å². The number of ketones is 2. The number of rotatable bonds is 3. The van der Waals surface area contributed by atoms with E-state index < -0.39 is 17.1 Å². The van der Waals surface area contributed by atoms with E-state index in [1.54, 1.807) is 0 Å². The number of aliphatic hydroxyl groups is 1. The molecule has 0 fully saturated rings. The van der Waals surface area contributed by atoms with Gasteiger partial charge in [0.15, 0.2) is 17.1 Å². The highest BCUT2D eigenvalue weighted by Gasteiger charge is 2.44. The molecule has 0 unspecified atom stereocenters. The Morgan fingerprint density at radius 1 is 1.42 bits per heavy atom. The molecule has 64 valence electrons. The molecule has 0 heterocycles. The first kappa shape index (κ1) is 8.80. The average Bonchev–Trinajstić information content (AvgIpc) is 2.33. The third kappa shape index (κ3) is 1.00. The Balaban J connectivity index is 3.00. The van der Waals surface area contributed by atoms with Crippen LogP contribution in [0.2, 0.25) is 0 Å². The summed E-state index contributed by atoms with van der Waals surface area (Å²) < 4.78 is 0. The lowest BCUT2D eigenvalue weighted by Gasteiger charge is -2.18. The number of nitrogens with zero attached hydrogens (tertiary/aromatic N) is 1. The molecule has 0 atom stereocenters. The third-order valence-corrected chi connectivity index (χ3v) is 1.94. The third-order valence-electron chi connectivity index (χ3n) is 1.94. The van der Waals surface area contributed by atoms with Crippen LogP contribution in [0.4, 0.5) is 0 Å². The smallest absolute Gasteiger partial charge is 0.191 e. The minimum atomic E-state index is -1.42. The lowest BCUT2D eigenvalue weighted by atomic mass is 9.91. The molecule has 1 aliphatic rings. The van der Waals surface area contributed by atoms with Crippen LogP contribution in [0.1, 0.15) is 6.42 Å². The second-order valence-corrected chi connectivity index (χ2v) is 2.55. The number of hydrogen-bond donors (Lipinski definition) is 1. The molecule has 4 nitrogen and oxygen atoms in total. The van der Waals surface area contributed by atoms with Gasteiger partial charge in [0.2, 0.25) is 0 Å². The highest BCUT2D eigenvalue weighted by molar-refractivity contribution is 6.26. The SMILES string of the molecule is C=NC1(CCO)C(=O)C=CC1=O. The molecule has 1 N–H and O–H groups in total. The average molecular weight is 167 g/mol. The van der Waals surface area contributed by atoms with Crippen molar-refractivity contribution in [2.24, 2.45) is 4.99 Å².